The summed E-state index contributed by atoms with van der Waals surface area (Å²) >= 11 is 1.82. The normalized spacial score (nSPS) is 20.0. The van der Waals surface area contributed by atoms with Gasteiger partial charge in [-0.05, 0) is 55.6 Å². The van der Waals surface area contributed by atoms with Crippen molar-refractivity contribution >= 4 is 23.1 Å². The summed E-state index contributed by atoms with van der Waals surface area (Å²) in [6.07, 6.45) is 5.13. The molecule has 0 fully saturated rings. The molecule has 1 aliphatic carbocycles. The van der Waals surface area contributed by atoms with Gasteiger partial charge in [-0.1, -0.05) is 31.5 Å². The summed E-state index contributed by atoms with van der Waals surface area (Å²) in [5.74, 6) is 0.666. The van der Waals surface area contributed by atoms with E-state index in [0.717, 1.165) is 29.5 Å². The number of carbonyl (C=O) groups excluding carboxylic acids is 1. The molecular weight excluding hydrogens is 304 g/mol. The Morgan fingerprint density at radius 1 is 1.30 bits per heavy atom. The van der Waals surface area contributed by atoms with Crippen LogP contribution in [0.3, 0.4) is 0 Å². The maximum Gasteiger partial charge on any atom is 0.167 e. The zero-order valence-electron chi connectivity index (χ0n) is 14.9. The minimum Gasteiger partial charge on any atom is -0.512 e. The Morgan fingerprint density at radius 2 is 2.00 bits per heavy atom. The Labute approximate surface area is 144 Å². The fraction of sp³-hybridized carbons (Fsp3) is 0.550. The van der Waals surface area contributed by atoms with Gasteiger partial charge in [0.2, 0.25) is 0 Å². The molecule has 0 aliphatic heterocycles. The Balaban J connectivity index is 2.40. The third-order valence-electron chi connectivity index (χ3n) is 4.78. The van der Waals surface area contributed by atoms with E-state index in [1.165, 1.54) is 5.56 Å². The minimum absolute atomic E-state index is 0.105. The van der Waals surface area contributed by atoms with Crippen LogP contribution in [-0.4, -0.2) is 22.4 Å². The molecule has 0 saturated heterocycles. The second-order valence-corrected chi connectivity index (χ2v) is 8.05. The summed E-state index contributed by atoms with van der Waals surface area (Å²) in [5, 5.41) is 11.1. The number of rotatable bonds is 5. The predicted molar refractivity (Wildman–Crippen MR) is 100 cm³/mol. The number of ketones is 1. The number of hydrogen-bond donors (Lipinski definition) is 1. The van der Waals surface area contributed by atoms with Crippen molar-refractivity contribution in [2.75, 3.05) is 6.26 Å². The van der Waals surface area contributed by atoms with Crippen molar-refractivity contribution in [3.05, 3.63) is 40.1 Å². The second kappa shape index (κ2) is 7.57. The van der Waals surface area contributed by atoms with Gasteiger partial charge in [-0.3, -0.25) is 4.79 Å². The molecule has 1 N–H and O–H groups in total. The molecule has 2 nitrogen and oxygen atoms in total. The van der Waals surface area contributed by atoms with Crippen LogP contribution >= 0.6 is 11.8 Å². The number of thioether (sulfide) groups is 1. The summed E-state index contributed by atoms with van der Waals surface area (Å²) in [4.78, 5) is 12.8. The highest BCUT2D eigenvalue weighted by Crippen LogP contribution is 2.37. The number of hydrogen-bond acceptors (Lipinski definition) is 3. The number of aliphatic hydroxyl groups is 1. The summed E-state index contributed by atoms with van der Waals surface area (Å²) in [7, 11) is 0. The van der Waals surface area contributed by atoms with E-state index >= 15 is 0 Å². The van der Waals surface area contributed by atoms with Crippen LogP contribution in [0.1, 0.15) is 55.4 Å². The van der Waals surface area contributed by atoms with Crippen molar-refractivity contribution in [1.29, 1.82) is 0 Å². The average Bonchev–Trinajstić information content (AvgIpc) is 2.47. The van der Waals surface area contributed by atoms with Crippen molar-refractivity contribution in [3.63, 3.8) is 0 Å². The molecule has 0 bridgehead atoms. The lowest BCUT2D eigenvalue weighted by Gasteiger charge is -2.27. The number of carbonyl (C=O) groups is 1. The molecule has 0 radical (unpaired) electrons. The Kier molecular flexibility index (Phi) is 5.96. The number of allylic oxidation sites excluding steroid dienone is 2. The summed E-state index contributed by atoms with van der Waals surface area (Å²) in [6.45, 7) is 8.40. The molecule has 1 aliphatic rings. The van der Waals surface area contributed by atoms with E-state index in [2.05, 4.69) is 39.2 Å². The summed E-state index contributed by atoms with van der Waals surface area (Å²) < 4.78 is 0. The smallest absolute Gasteiger partial charge is 0.167 e. The molecule has 126 valence electrons. The molecule has 1 aromatic carbocycles. The fourth-order valence-corrected chi connectivity index (χ4v) is 4.15. The maximum atomic E-state index is 12.8. The van der Waals surface area contributed by atoms with Crippen molar-refractivity contribution in [1.82, 2.24) is 0 Å². The summed E-state index contributed by atoms with van der Waals surface area (Å²) in [5.41, 5.74) is 5.00. The van der Waals surface area contributed by atoms with Crippen LogP contribution in [0.2, 0.25) is 0 Å². The fourth-order valence-electron chi connectivity index (χ4n) is 3.68. The number of benzene rings is 1. The molecule has 3 heteroatoms. The Bertz CT molecular complexity index is 631. The maximum absolute atomic E-state index is 12.8. The van der Waals surface area contributed by atoms with Crippen LogP contribution in [-0.2, 0) is 11.2 Å². The third-order valence-corrected chi connectivity index (χ3v) is 5.78. The lowest BCUT2D eigenvalue weighted by molar-refractivity contribution is -0.115. The number of aryl methyl sites for hydroxylation is 3. The molecule has 0 saturated carbocycles. The second-order valence-electron chi connectivity index (χ2n) is 6.77. The van der Waals surface area contributed by atoms with Crippen LogP contribution < -0.4 is 0 Å². The van der Waals surface area contributed by atoms with E-state index in [9.17, 15) is 9.90 Å². The zero-order chi connectivity index (χ0) is 17.1. The van der Waals surface area contributed by atoms with Crippen molar-refractivity contribution < 1.29 is 9.90 Å². The highest BCUT2D eigenvalue weighted by Gasteiger charge is 2.31. The molecule has 0 spiro atoms. The molecule has 2 rings (SSSR count). The van der Waals surface area contributed by atoms with Gasteiger partial charge in [-0.25, -0.2) is 0 Å². The van der Waals surface area contributed by atoms with Gasteiger partial charge in [0.15, 0.2) is 5.78 Å². The van der Waals surface area contributed by atoms with Crippen LogP contribution in [0.25, 0.3) is 5.57 Å². The van der Waals surface area contributed by atoms with Gasteiger partial charge in [0, 0.05) is 18.1 Å². The first kappa shape index (κ1) is 18.1. The van der Waals surface area contributed by atoms with E-state index in [0.29, 0.717) is 29.4 Å². The molecule has 0 amide bonds. The van der Waals surface area contributed by atoms with E-state index in [-0.39, 0.29) is 11.7 Å². The van der Waals surface area contributed by atoms with Gasteiger partial charge in [0.1, 0.15) is 5.76 Å². The number of Topliss-reactive ketones (excluding diaryl/α,β-unsaturated/α-hetero) is 1. The van der Waals surface area contributed by atoms with Gasteiger partial charge in [-0.2, -0.15) is 11.8 Å². The highest BCUT2D eigenvalue weighted by molar-refractivity contribution is 7.99. The molecule has 2 unspecified atom stereocenters. The Morgan fingerprint density at radius 3 is 2.57 bits per heavy atom. The largest absolute Gasteiger partial charge is 0.512 e. The highest BCUT2D eigenvalue weighted by atomic mass is 32.2. The molecule has 2 atom stereocenters. The van der Waals surface area contributed by atoms with E-state index in [1.807, 2.05) is 18.7 Å². The Hall–Kier alpha value is -1.22. The average molecular weight is 333 g/mol. The molecule has 1 aromatic rings. The van der Waals surface area contributed by atoms with Crippen molar-refractivity contribution in [3.8, 4) is 0 Å². The van der Waals surface area contributed by atoms with Crippen LogP contribution in [0.4, 0.5) is 0 Å². The molecular formula is C20H28O2S. The molecule has 0 aromatic heterocycles. The topological polar surface area (TPSA) is 37.3 Å². The van der Waals surface area contributed by atoms with Gasteiger partial charge >= 0.3 is 0 Å². The van der Waals surface area contributed by atoms with Crippen LogP contribution in [0, 0.1) is 19.8 Å². The van der Waals surface area contributed by atoms with Gasteiger partial charge in [0.25, 0.3) is 0 Å². The molecule has 0 heterocycles. The van der Waals surface area contributed by atoms with Gasteiger partial charge in [-0.15, -0.1) is 0 Å². The van der Waals surface area contributed by atoms with Crippen LogP contribution in [0.15, 0.2) is 17.9 Å². The number of aliphatic hydroxyl groups excluding tert-OH is 1. The SMILES string of the molecule is CCc1cc(C)cc(C)c1C1=C(O)CC(CC(C)SC)CC1=O. The van der Waals surface area contributed by atoms with E-state index in [4.69, 9.17) is 0 Å². The molecule has 23 heavy (non-hydrogen) atoms. The van der Waals surface area contributed by atoms with Gasteiger partial charge < -0.3 is 5.11 Å². The predicted octanol–water partition coefficient (Wildman–Crippen LogP) is 5.26. The first-order valence-electron chi connectivity index (χ1n) is 8.45. The zero-order valence-corrected chi connectivity index (χ0v) is 15.7. The van der Waals surface area contributed by atoms with Crippen molar-refractivity contribution in [2.24, 2.45) is 5.92 Å². The van der Waals surface area contributed by atoms with Crippen LogP contribution in [0.5, 0.6) is 0 Å². The third kappa shape index (κ3) is 4.00. The monoisotopic (exact) mass is 332 g/mol. The quantitative estimate of drug-likeness (QED) is 0.799. The van der Waals surface area contributed by atoms with Gasteiger partial charge in [0.05, 0.1) is 5.57 Å². The first-order valence-corrected chi connectivity index (χ1v) is 9.74. The lowest BCUT2D eigenvalue weighted by Crippen LogP contribution is -2.22. The van der Waals surface area contributed by atoms with E-state index in [1.54, 1.807) is 0 Å². The first-order chi connectivity index (χ1) is 10.9. The van der Waals surface area contributed by atoms with Crippen molar-refractivity contribution in [2.45, 2.75) is 58.6 Å². The summed E-state index contributed by atoms with van der Waals surface area (Å²) in [6, 6.07) is 4.24. The minimum atomic E-state index is 0.105. The standard InChI is InChI=1S/C20H28O2S/c1-6-16-8-12(2)7-13(3)19(16)20-17(21)10-15(11-18(20)22)9-14(4)23-5/h7-8,14-15,21H,6,9-11H2,1-5H3. The lowest BCUT2D eigenvalue weighted by atomic mass is 9.79. The van der Waals surface area contributed by atoms with E-state index < -0.39 is 0 Å².